The Labute approximate surface area is 180 Å². The normalized spacial score (nSPS) is 14.2. The van der Waals surface area contributed by atoms with Crippen LogP contribution in [0.5, 0.6) is 0 Å². The van der Waals surface area contributed by atoms with E-state index in [1.807, 2.05) is 50.2 Å². The van der Waals surface area contributed by atoms with Crippen LogP contribution in [0.3, 0.4) is 0 Å². The fraction of sp³-hybridized carbons (Fsp3) is 0.318. The van der Waals surface area contributed by atoms with E-state index >= 15 is 0 Å². The minimum absolute atomic E-state index is 0.0869. The van der Waals surface area contributed by atoms with Crippen LogP contribution in [-0.4, -0.2) is 47.0 Å². The lowest BCUT2D eigenvalue weighted by Gasteiger charge is -2.28. The minimum atomic E-state index is -0.237. The van der Waals surface area contributed by atoms with Gasteiger partial charge >= 0.3 is 0 Å². The molecule has 1 aromatic carbocycles. The van der Waals surface area contributed by atoms with Gasteiger partial charge in [0, 0.05) is 18.1 Å². The molecule has 1 saturated heterocycles. The minimum Gasteiger partial charge on any atom is -0.378 e. The van der Waals surface area contributed by atoms with Gasteiger partial charge in [0.1, 0.15) is 5.82 Å². The Balaban J connectivity index is 1.55. The first kappa shape index (κ1) is 20.4. The molecule has 3 aromatic rings. The van der Waals surface area contributed by atoms with Crippen LogP contribution in [-0.2, 0) is 4.74 Å². The molecule has 0 radical (unpaired) electrons. The van der Waals surface area contributed by atoms with E-state index in [0.29, 0.717) is 29.6 Å². The van der Waals surface area contributed by atoms with Crippen molar-refractivity contribution in [1.82, 2.24) is 14.8 Å². The largest absolute Gasteiger partial charge is 0.378 e. The van der Waals surface area contributed by atoms with Crippen LogP contribution in [0.1, 0.15) is 35.8 Å². The summed E-state index contributed by atoms with van der Waals surface area (Å²) >= 11 is 6.13. The zero-order chi connectivity index (χ0) is 21.1. The second-order valence-corrected chi connectivity index (χ2v) is 7.88. The standard InChI is InChI=1S/C22H24ClN5O2/c1-15(2)21-19(14-25-28(21)17-5-3-4-16(23)12-17)22(29)26-20-7-6-18(13-24-20)27-8-10-30-11-9-27/h3-7,12-15H,8-11H2,1-2H3,(H,24,26,29). The van der Waals surface area contributed by atoms with Gasteiger partial charge in [-0.3, -0.25) is 4.79 Å². The van der Waals surface area contributed by atoms with Gasteiger partial charge in [0.2, 0.25) is 0 Å². The Kier molecular flexibility index (Phi) is 6.01. The third kappa shape index (κ3) is 4.32. The Morgan fingerprint density at radius 1 is 1.13 bits per heavy atom. The predicted molar refractivity (Wildman–Crippen MR) is 118 cm³/mol. The van der Waals surface area contributed by atoms with Crippen LogP contribution in [0.4, 0.5) is 11.5 Å². The van der Waals surface area contributed by atoms with Crippen molar-refractivity contribution in [3.8, 4) is 5.69 Å². The van der Waals surface area contributed by atoms with E-state index in [4.69, 9.17) is 16.3 Å². The van der Waals surface area contributed by atoms with E-state index in [1.54, 1.807) is 17.1 Å². The molecule has 3 heterocycles. The highest BCUT2D eigenvalue weighted by Gasteiger charge is 2.21. The molecule has 8 heteroatoms. The number of amides is 1. The van der Waals surface area contributed by atoms with E-state index in [2.05, 4.69) is 20.3 Å². The fourth-order valence-corrected chi connectivity index (χ4v) is 3.74. The predicted octanol–water partition coefficient (Wildman–Crippen LogP) is 4.13. The molecule has 1 N–H and O–H groups in total. The molecule has 0 spiro atoms. The van der Waals surface area contributed by atoms with Gasteiger partial charge in [-0.2, -0.15) is 5.10 Å². The molecule has 7 nitrogen and oxygen atoms in total. The van der Waals surface area contributed by atoms with Crippen LogP contribution in [0.2, 0.25) is 5.02 Å². The molecule has 0 unspecified atom stereocenters. The molecule has 0 aliphatic carbocycles. The first-order valence-electron chi connectivity index (χ1n) is 9.97. The second-order valence-electron chi connectivity index (χ2n) is 7.45. The molecule has 1 fully saturated rings. The first-order valence-corrected chi connectivity index (χ1v) is 10.3. The molecule has 4 rings (SSSR count). The highest BCUT2D eigenvalue weighted by atomic mass is 35.5. The van der Waals surface area contributed by atoms with Gasteiger partial charge in [0.05, 0.1) is 48.2 Å². The monoisotopic (exact) mass is 425 g/mol. The summed E-state index contributed by atoms with van der Waals surface area (Å²) in [7, 11) is 0. The van der Waals surface area contributed by atoms with E-state index in [0.717, 1.165) is 30.2 Å². The summed E-state index contributed by atoms with van der Waals surface area (Å²) < 4.78 is 7.15. The lowest BCUT2D eigenvalue weighted by atomic mass is 10.0. The fourth-order valence-electron chi connectivity index (χ4n) is 3.55. The number of anilines is 2. The maximum atomic E-state index is 13.0. The number of carbonyl (C=O) groups excluding carboxylic acids is 1. The van der Waals surface area contributed by atoms with Crippen molar-refractivity contribution >= 4 is 29.0 Å². The van der Waals surface area contributed by atoms with Crippen LogP contribution in [0.15, 0.2) is 48.8 Å². The summed E-state index contributed by atoms with van der Waals surface area (Å²) in [5.74, 6) is 0.352. The summed E-state index contributed by atoms with van der Waals surface area (Å²) in [6, 6.07) is 11.2. The molecule has 156 valence electrons. The number of halogens is 1. The zero-order valence-corrected chi connectivity index (χ0v) is 17.8. The van der Waals surface area contributed by atoms with Gasteiger partial charge in [-0.05, 0) is 36.2 Å². The lowest BCUT2D eigenvalue weighted by Crippen LogP contribution is -2.36. The number of nitrogens with zero attached hydrogens (tertiary/aromatic N) is 4. The third-order valence-electron chi connectivity index (χ3n) is 5.02. The molecule has 1 aliphatic rings. The summed E-state index contributed by atoms with van der Waals surface area (Å²) in [6.07, 6.45) is 3.37. The van der Waals surface area contributed by atoms with Gasteiger partial charge in [-0.25, -0.2) is 9.67 Å². The summed E-state index contributed by atoms with van der Waals surface area (Å²) in [5.41, 5.74) is 3.18. The van der Waals surface area contributed by atoms with Crippen LogP contribution < -0.4 is 10.2 Å². The number of morpholine rings is 1. The molecular weight excluding hydrogens is 402 g/mol. The zero-order valence-electron chi connectivity index (χ0n) is 17.0. The van der Waals surface area contributed by atoms with Crippen LogP contribution >= 0.6 is 11.6 Å². The Morgan fingerprint density at radius 2 is 1.93 bits per heavy atom. The maximum Gasteiger partial charge on any atom is 0.260 e. The summed E-state index contributed by atoms with van der Waals surface area (Å²) in [5, 5.41) is 7.95. The lowest BCUT2D eigenvalue weighted by molar-refractivity contribution is 0.102. The number of nitrogens with one attached hydrogen (secondary N) is 1. The molecule has 0 atom stereocenters. The van der Waals surface area contributed by atoms with Gasteiger partial charge in [0.25, 0.3) is 5.91 Å². The first-order chi connectivity index (χ1) is 14.5. The molecule has 30 heavy (non-hydrogen) atoms. The Hall–Kier alpha value is -2.90. The topological polar surface area (TPSA) is 72.3 Å². The van der Waals surface area contributed by atoms with Gasteiger partial charge < -0.3 is 15.0 Å². The number of benzene rings is 1. The molecule has 2 aromatic heterocycles. The van der Waals surface area contributed by atoms with Crippen molar-refractivity contribution in [3.05, 3.63) is 65.1 Å². The van der Waals surface area contributed by atoms with Crippen molar-refractivity contribution in [2.45, 2.75) is 19.8 Å². The van der Waals surface area contributed by atoms with Crippen molar-refractivity contribution in [2.75, 3.05) is 36.5 Å². The molecular formula is C22H24ClN5O2. The van der Waals surface area contributed by atoms with Gasteiger partial charge in [-0.15, -0.1) is 0 Å². The van der Waals surface area contributed by atoms with E-state index in [-0.39, 0.29) is 11.8 Å². The van der Waals surface area contributed by atoms with Crippen molar-refractivity contribution in [1.29, 1.82) is 0 Å². The van der Waals surface area contributed by atoms with Crippen molar-refractivity contribution in [3.63, 3.8) is 0 Å². The highest BCUT2D eigenvalue weighted by molar-refractivity contribution is 6.30. The molecule has 1 aliphatic heterocycles. The molecule has 1 amide bonds. The second kappa shape index (κ2) is 8.85. The number of hydrogen-bond donors (Lipinski definition) is 1. The third-order valence-corrected chi connectivity index (χ3v) is 5.25. The van der Waals surface area contributed by atoms with Crippen molar-refractivity contribution in [2.24, 2.45) is 0 Å². The number of carbonyl (C=O) groups is 1. The number of hydrogen-bond acceptors (Lipinski definition) is 5. The summed E-state index contributed by atoms with van der Waals surface area (Å²) in [6.45, 7) is 7.18. The quantitative estimate of drug-likeness (QED) is 0.665. The van der Waals surface area contributed by atoms with Gasteiger partial charge in [0.15, 0.2) is 0 Å². The Morgan fingerprint density at radius 3 is 2.60 bits per heavy atom. The van der Waals surface area contributed by atoms with Gasteiger partial charge in [-0.1, -0.05) is 31.5 Å². The smallest absolute Gasteiger partial charge is 0.260 e. The van der Waals surface area contributed by atoms with E-state index in [9.17, 15) is 4.79 Å². The SMILES string of the molecule is CC(C)c1c(C(=O)Nc2ccc(N3CCOCC3)cn2)cnn1-c1cccc(Cl)c1. The number of ether oxygens (including phenoxy) is 1. The van der Waals surface area contributed by atoms with Crippen LogP contribution in [0, 0.1) is 0 Å². The number of pyridine rings is 1. The average molecular weight is 426 g/mol. The highest BCUT2D eigenvalue weighted by Crippen LogP contribution is 2.25. The maximum absolute atomic E-state index is 13.0. The number of rotatable bonds is 5. The molecule has 0 bridgehead atoms. The van der Waals surface area contributed by atoms with Crippen molar-refractivity contribution < 1.29 is 9.53 Å². The number of aromatic nitrogens is 3. The molecule has 0 saturated carbocycles. The van der Waals surface area contributed by atoms with E-state index < -0.39 is 0 Å². The summed E-state index contributed by atoms with van der Waals surface area (Å²) in [4.78, 5) is 19.6. The average Bonchev–Trinajstić information content (AvgIpc) is 3.21. The van der Waals surface area contributed by atoms with Crippen LogP contribution in [0.25, 0.3) is 5.69 Å². The Bertz CT molecular complexity index is 1030. The van der Waals surface area contributed by atoms with E-state index in [1.165, 1.54) is 0 Å².